The lowest BCUT2D eigenvalue weighted by molar-refractivity contribution is 0.0764. The van der Waals surface area contributed by atoms with Crippen LogP contribution in [0.3, 0.4) is 0 Å². The molecule has 0 radical (unpaired) electrons. The van der Waals surface area contributed by atoms with Crippen molar-refractivity contribution in [3.05, 3.63) is 42.1 Å². The van der Waals surface area contributed by atoms with Crippen molar-refractivity contribution in [2.45, 2.75) is 25.4 Å². The lowest BCUT2D eigenvalue weighted by Gasteiger charge is -2.17. The highest BCUT2D eigenvalue weighted by atomic mass is 16.3. The molecule has 0 aromatic carbocycles. The zero-order chi connectivity index (χ0) is 13.4. The Morgan fingerprint density at radius 1 is 1.58 bits per heavy atom. The standard InChI is InChI=1S/C14H17N3O2/c1-16(9-12-3-2-6-19-12)14(18)13-7-10(15)8-17(13)11-4-5-11/h2-3,6-8,11H,4-5,9,15H2,1H3. The van der Waals surface area contributed by atoms with Crippen molar-refractivity contribution in [2.24, 2.45) is 0 Å². The van der Waals surface area contributed by atoms with Crippen molar-refractivity contribution in [2.75, 3.05) is 12.8 Å². The van der Waals surface area contributed by atoms with Gasteiger partial charge in [-0.15, -0.1) is 0 Å². The van der Waals surface area contributed by atoms with Crippen LogP contribution in [0.4, 0.5) is 5.69 Å². The predicted molar refractivity (Wildman–Crippen MR) is 71.6 cm³/mol. The van der Waals surface area contributed by atoms with Crippen LogP contribution in [-0.2, 0) is 6.54 Å². The van der Waals surface area contributed by atoms with E-state index in [0.29, 0.717) is 24.0 Å². The van der Waals surface area contributed by atoms with Gasteiger partial charge in [-0.05, 0) is 31.0 Å². The lowest BCUT2D eigenvalue weighted by atomic mass is 10.3. The third-order valence-corrected chi connectivity index (χ3v) is 3.35. The molecule has 5 nitrogen and oxygen atoms in total. The van der Waals surface area contributed by atoms with Gasteiger partial charge in [0, 0.05) is 19.3 Å². The maximum atomic E-state index is 12.4. The number of hydrogen-bond acceptors (Lipinski definition) is 3. The predicted octanol–water partition coefficient (Wildman–Crippen LogP) is 2.27. The molecule has 0 aliphatic heterocycles. The number of nitrogen functional groups attached to an aromatic ring is 1. The van der Waals surface area contributed by atoms with E-state index in [9.17, 15) is 4.79 Å². The van der Waals surface area contributed by atoms with E-state index >= 15 is 0 Å². The Bertz CT molecular complexity index is 582. The van der Waals surface area contributed by atoms with Crippen LogP contribution >= 0.6 is 0 Å². The molecule has 1 amide bonds. The van der Waals surface area contributed by atoms with Crippen LogP contribution in [0.1, 0.15) is 35.1 Å². The summed E-state index contributed by atoms with van der Waals surface area (Å²) in [5.41, 5.74) is 7.11. The molecule has 2 heterocycles. The Morgan fingerprint density at radius 3 is 3.00 bits per heavy atom. The molecule has 2 N–H and O–H groups in total. The number of anilines is 1. The number of amides is 1. The van der Waals surface area contributed by atoms with Gasteiger partial charge >= 0.3 is 0 Å². The maximum absolute atomic E-state index is 12.4. The molecule has 0 saturated heterocycles. The monoisotopic (exact) mass is 259 g/mol. The molecule has 0 bridgehead atoms. The largest absolute Gasteiger partial charge is 0.467 e. The Balaban J connectivity index is 1.79. The lowest BCUT2D eigenvalue weighted by Crippen LogP contribution is -2.27. The second-order valence-corrected chi connectivity index (χ2v) is 5.04. The van der Waals surface area contributed by atoms with Crippen molar-refractivity contribution < 1.29 is 9.21 Å². The molecule has 3 rings (SSSR count). The number of nitrogens with two attached hydrogens (primary N) is 1. The normalized spacial score (nSPS) is 14.6. The van der Waals surface area contributed by atoms with E-state index in [1.165, 1.54) is 0 Å². The van der Waals surface area contributed by atoms with Crippen molar-refractivity contribution in [3.63, 3.8) is 0 Å². The van der Waals surface area contributed by atoms with Gasteiger partial charge in [0.05, 0.1) is 18.5 Å². The molecular weight excluding hydrogens is 242 g/mol. The number of furan rings is 1. The highest BCUT2D eigenvalue weighted by molar-refractivity contribution is 5.93. The van der Waals surface area contributed by atoms with Crippen LogP contribution in [0.5, 0.6) is 0 Å². The first-order chi connectivity index (χ1) is 9.15. The van der Waals surface area contributed by atoms with Crippen LogP contribution < -0.4 is 5.73 Å². The number of carbonyl (C=O) groups is 1. The summed E-state index contributed by atoms with van der Waals surface area (Å²) in [6, 6.07) is 5.86. The number of aromatic nitrogens is 1. The van der Waals surface area contributed by atoms with E-state index < -0.39 is 0 Å². The minimum absolute atomic E-state index is 0.0278. The highest BCUT2D eigenvalue weighted by Gasteiger charge is 2.28. The minimum Gasteiger partial charge on any atom is -0.467 e. The highest BCUT2D eigenvalue weighted by Crippen LogP contribution is 2.37. The molecular formula is C14H17N3O2. The third-order valence-electron chi connectivity index (χ3n) is 3.35. The summed E-state index contributed by atoms with van der Waals surface area (Å²) >= 11 is 0. The smallest absolute Gasteiger partial charge is 0.270 e. The van der Waals surface area contributed by atoms with Gasteiger partial charge in [0.1, 0.15) is 11.5 Å². The molecule has 0 spiro atoms. The van der Waals surface area contributed by atoms with Crippen LogP contribution in [0.25, 0.3) is 0 Å². The second-order valence-electron chi connectivity index (χ2n) is 5.04. The SMILES string of the molecule is CN(Cc1ccco1)C(=O)c1cc(N)cn1C1CC1. The van der Waals surface area contributed by atoms with Crippen molar-refractivity contribution in [1.29, 1.82) is 0 Å². The van der Waals surface area contributed by atoms with E-state index in [2.05, 4.69) is 0 Å². The Hall–Kier alpha value is -2.17. The van der Waals surface area contributed by atoms with Gasteiger partial charge in [-0.25, -0.2) is 0 Å². The molecule has 1 aliphatic rings. The summed E-state index contributed by atoms with van der Waals surface area (Å²) in [7, 11) is 1.77. The summed E-state index contributed by atoms with van der Waals surface area (Å²) in [4.78, 5) is 14.1. The van der Waals surface area contributed by atoms with E-state index in [1.54, 1.807) is 24.3 Å². The molecule has 1 saturated carbocycles. The average molecular weight is 259 g/mol. The summed E-state index contributed by atoms with van der Waals surface area (Å²) in [6.45, 7) is 0.460. The van der Waals surface area contributed by atoms with Gasteiger partial charge in [-0.3, -0.25) is 4.79 Å². The van der Waals surface area contributed by atoms with E-state index in [4.69, 9.17) is 10.2 Å². The Morgan fingerprint density at radius 2 is 2.37 bits per heavy atom. The molecule has 2 aromatic heterocycles. The number of nitrogens with zero attached hydrogens (tertiary/aromatic N) is 2. The van der Waals surface area contributed by atoms with Crippen LogP contribution in [0.15, 0.2) is 35.1 Å². The molecule has 1 aliphatic carbocycles. The fourth-order valence-corrected chi connectivity index (χ4v) is 2.23. The minimum atomic E-state index is -0.0278. The first-order valence-corrected chi connectivity index (χ1v) is 6.40. The summed E-state index contributed by atoms with van der Waals surface area (Å²) in [6.07, 6.45) is 5.71. The molecule has 5 heteroatoms. The first-order valence-electron chi connectivity index (χ1n) is 6.40. The quantitative estimate of drug-likeness (QED) is 0.916. The molecule has 0 unspecified atom stereocenters. The molecule has 100 valence electrons. The molecule has 1 fully saturated rings. The fraction of sp³-hybridized carbons (Fsp3) is 0.357. The molecule has 19 heavy (non-hydrogen) atoms. The van der Waals surface area contributed by atoms with Gasteiger partial charge in [0.25, 0.3) is 5.91 Å². The van der Waals surface area contributed by atoms with Crippen molar-refractivity contribution in [1.82, 2.24) is 9.47 Å². The van der Waals surface area contributed by atoms with Gasteiger partial charge in [-0.2, -0.15) is 0 Å². The van der Waals surface area contributed by atoms with Crippen molar-refractivity contribution in [3.8, 4) is 0 Å². The average Bonchev–Trinajstić information content (AvgIpc) is 2.97. The zero-order valence-corrected chi connectivity index (χ0v) is 10.9. The Labute approximate surface area is 111 Å². The first kappa shape index (κ1) is 11.9. The van der Waals surface area contributed by atoms with Crippen LogP contribution in [-0.4, -0.2) is 22.4 Å². The number of rotatable bonds is 4. The fourth-order valence-electron chi connectivity index (χ4n) is 2.23. The Kier molecular flexibility index (Phi) is 2.81. The van der Waals surface area contributed by atoms with Crippen LogP contribution in [0, 0.1) is 0 Å². The van der Waals surface area contributed by atoms with Gasteiger partial charge < -0.3 is 19.6 Å². The van der Waals surface area contributed by atoms with Gasteiger partial charge in [0.15, 0.2) is 0 Å². The third kappa shape index (κ3) is 2.36. The van der Waals surface area contributed by atoms with Crippen molar-refractivity contribution >= 4 is 11.6 Å². The zero-order valence-electron chi connectivity index (χ0n) is 10.9. The number of hydrogen-bond donors (Lipinski definition) is 1. The number of carbonyl (C=O) groups excluding carboxylic acids is 1. The van der Waals surface area contributed by atoms with E-state index in [-0.39, 0.29) is 5.91 Å². The van der Waals surface area contributed by atoms with E-state index in [0.717, 1.165) is 18.6 Å². The van der Waals surface area contributed by atoms with Gasteiger partial charge in [-0.1, -0.05) is 0 Å². The summed E-state index contributed by atoms with van der Waals surface area (Å²) < 4.78 is 7.26. The summed E-state index contributed by atoms with van der Waals surface area (Å²) in [5.74, 6) is 0.744. The summed E-state index contributed by atoms with van der Waals surface area (Å²) in [5, 5.41) is 0. The van der Waals surface area contributed by atoms with Gasteiger partial charge in [0.2, 0.25) is 0 Å². The topological polar surface area (TPSA) is 64.4 Å². The van der Waals surface area contributed by atoms with Crippen LogP contribution in [0.2, 0.25) is 0 Å². The maximum Gasteiger partial charge on any atom is 0.270 e. The van der Waals surface area contributed by atoms with E-state index in [1.807, 2.05) is 22.9 Å². The second kappa shape index (κ2) is 4.50. The molecule has 0 atom stereocenters. The molecule has 2 aromatic rings.